The highest BCUT2D eigenvalue weighted by atomic mass is 35.5. The number of nitrogens with one attached hydrogen (secondary N) is 2. The van der Waals surface area contributed by atoms with E-state index in [0.29, 0.717) is 40.8 Å². The Morgan fingerprint density at radius 3 is 2.45 bits per heavy atom. The first-order valence-corrected chi connectivity index (χ1v) is 19.2. The summed E-state index contributed by atoms with van der Waals surface area (Å²) in [6, 6.07) is 5.57. The molecule has 1 aromatic heterocycles. The number of carbonyl (C=O) groups is 3. The standard InChI is InChI=1S/C37H42ClF2N5O7S/c1-7-21-17-37(21,34(47)43-53(49,50)25-10-11-25)45(33(46)31(36(3,4)5)42-23-9-13-28(39)29(40)16-23)35(48)44-19-24(14-20(44)2)52-32-27-15-22(38)8-12-26(27)30(51-6)18-41-32/h7-9,12-13,15-16,18,20-21,24-25,31,42H,1,10-11,14,17,19H2,2-6H3,(H,43,47)/t20?,21-,24-,31+,37-/m1/s1. The number of sulfonamides is 1. The third-order valence-electron chi connectivity index (χ3n) is 10.1. The minimum atomic E-state index is -4.09. The Labute approximate surface area is 311 Å². The number of benzene rings is 2. The molecule has 3 aliphatic rings. The third-order valence-corrected chi connectivity index (χ3v) is 12.1. The van der Waals surface area contributed by atoms with Crippen LogP contribution in [0, 0.1) is 23.0 Å². The van der Waals surface area contributed by atoms with E-state index in [4.69, 9.17) is 21.1 Å². The lowest BCUT2D eigenvalue weighted by molar-refractivity contribution is -0.141. The van der Waals surface area contributed by atoms with E-state index in [1.165, 1.54) is 30.3 Å². The van der Waals surface area contributed by atoms with Crippen LogP contribution in [0.3, 0.4) is 0 Å². The minimum Gasteiger partial charge on any atom is -0.494 e. The molecular formula is C37H42ClF2N5O7S. The molecule has 2 N–H and O–H groups in total. The average molecular weight is 774 g/mol. The molecule has 53 heavy (non-hydrogen) atoms. The van der Waals surface area contributed by atoms with E-state index in [9.17, 15) is 31.6 Å². The number of methoxy groups -OCH3 is 1. The minimum absolute atomic E-state index is 0.0207. The second-order valence-electron chi connectivity index (χ2n) is 15.0. The van der Waals surface area contributed by atoms with Gasteiger partial charge in [-0.1, -0.05) is 38.4 Å². The van der Waals surface area contributed by atoms with Gasteiger partial charge in [0.1, 0.15) is 23.4 Å². The van der Waals surface area contributed by atoms with Crippen molar-refractivity contribution in [2.45, 2.75) is 82.4 Å². The van der Waals surface area contributed by atoms with Crippen LogP contribution in [-0.2, 0) is 19.6 Å². The summed E-state index contributed by atoms with van der Waals surface area (Å²) in [5, 5.41) is 3.93. The lowest BCUT2D eigenvalue weighted by atomic mass is 9.85. The van der Waals surface area contributed by atoms with Crippen molar-refractivity contribution in [3.05, 3.63) is 71.9 Å². The van der Waals surface area contributed by atoms with Gasteiger partial charge in [0.15, 0.2) is 11.6 Å². The predicted octanol–water partition coefficient (Wildman–Crippen LogP) is 6.05. The van der Waals surface area contributed by atoms with Crippen LogP contribution in [-0.4, -0.2) is 83.7 Å². The van der Waals surface area contributed by atoms with Crippen LogP contribution in [0.4, 0.5) is 19.3 Å². The molecule has 2 aromatic carbocycles. The third kappa shape index (κ3) is 7.37. The number of hydrogen-bond acceptors (Lipinski definition) is 9. The molecule has 5 atom stereocenters. The van der Waals surface area contributed by atoms with Crippen molar-refractivity contribution in [1.29, 1.82) is 0 Å². The fraction of sp³-hybridized carbons (Fsp3) is 0.459. The topological polar surface area (TPSA) is 147 Å². The molecule has 0 spiro atoms. The second-order valence-corrected chi connectivity index (χ2v) is 17.4. The van der Waals surface area contributed by atoms with Gasteiger partial charge >= 0.3 is 6.03 Å². The average Bonchev–Trinajstić information content (AvgIpc) is 4.02. The number of amides is 4. The van der Waals surface area contributed by atoms with E-state index >= 15 is 0 Å². The number of aromatic nitrogens is 1. The van der Waals surface area contributed by atoms with E-state index in [1.54, 1.807) is 45.9 Å². The van der Waals surface area contributed by atoms with Gasteiger partial charge < -0.3 is 19.7 Å². The summed E-state index contributed by atoms with van der Waals surface area (Å²) in [6.45, 7) is 10.7. The highest BCUT2D eigenvalue weighted by Gasteiger charge is 2.68. The zero-order valence-electron chi connectivity index (χ0n) is 30.0. The molecule has 4 amide bonds. The maximum atomic E-state index is 14.9. The number of rotatable bonds is 11. The molecule has 0 bridgehead atoms. The van der Waals surface area contributed by atoms with E-state index in [1.807, 2.05) is 0 Å². The Morgan fingerprint density at radius 1 is 1.13 bits per heavy atom. The Balaban J connectivity index is 1.37. The molecule has 12 nitrogen and oxygen atoms in total. The van der Waals surface area contributed by atoms with Gasteiger partial charge in [0.25, 0.3) is 11.8 Å². The molecule has 16 heteroatoms. The van der Waals surface area contributed by atoms with Crippen molar-refractivity contribution in [1.82, 2.24) is 19.5 Å². The number of urea groups is 1. The van der Waals surface area contributed by atoms with Gasteiger partial charge in [0.05, 0.1) is 25.1 Å². The lowest BCUT2D eigenvalue weighted by Crippen LogP contribution is -2.64. The Kier molecular flexibility index (Phi) is 10.1. The van der Waals surface area contributed by atoms with Crippen molar-refractivity contribution in [3.63, 3.8) is 0 Å². The first kappa shape index (κ1) is 38.2. The van der Waals surface area contributed by atoms with Crippen molar-refractivity contribution >= 4 is 55.9 Å². The Hall–Kier alpha value is -4.50. The van der Waals surface area contributed by atoms with Crippen molar-refractivity contribution in [2.24, 2.45) is 11.3 Å². The smallest absolute Gasteiger partial charge is 0.328 e. The zero-order chi connectivity index (χ0) is 38.6. The summed E-state index contributed by atoms with van der Waals surface area (Å²) < 4.78 is 68.2. The molecule has 3 fully saturated rings. The van der Waals surface area contributed by atoms with E-state index < -0.39 is 79.8 Å². The highest BCUT2D eigenvalue weighted by Crippen LogP contribution is 2.52. The van der Waals surface area contributed by atoms with Gasteiger partial charge in [-0.25, -0.2) is 31.9 Å². The predicted molar refractivity (Wildman–Crippen MR) is 195 cm³/mol. The number of pyridine rings is 1. The summed E-state index contributed by atoms with van der Waals surface area (Å²) in [7, 11) is -2.57. The van der Waals surface area contributed by atoms with Crippen LogP contribution in [0.5, 0.6) is 11.6 Å². The fourth-order valence-electron chi connectivity index (χ4n) is 6.89. The summed E-state index contributed by atoms with van der Waals surface area (Å²) in [4.78, 5) is 50.7. The number of halogens is 3. The van der Waals surface area contributed by atoms with Gasteiger partial charge in [-0.3, -0.25) is 14.3 Å². The molecule has 2 saturated carbocycles. The molecule has 1 unspecified atom stereocenters. The normalized spacial score (nSPS) is 23.2. The number of fused-ring (bicyclic) bond motifs is 1. The first-order chi connectivity index (χ1) is 24.9. The number of likely N-dealkylation sites (tertiary alicyclic amines) is 1. The molecular weight excluding hydrogens is 732 g/mol. The zero-order valence-corrected chi connectivity index (χ0v) is 31.6. The number of hydrogen-bond donors (Lipinski definition) is 2. The largest absolute Gasteiger partial charge is 0.494 e. The Morgan fingerprint density at radius 2 is 1.85 bits per heavy atom. The lowest BCUT2D eigenvalue weighted by Gasteiger charge is -2.40. The summed E-state index contributed by atoms with van der Waals surface area (Å²) in [5.41, 5.74) is -2.86. The van der Waals surface area contributed by atoms with Gasteiger partial charge in [-0.2, -0.15) is 0 Å². The van der Waals surface area contributed by atoms with Crippen molar-refractivity contribution in [2.75, 3.05) is 19.0 Å². The molecule has 3 aromatic rings. The van der Waals surface area contributed by atoms with Crippen LogP contribution in [0.15, 0.2) is 55.3 Å². The van der Waals surface area contributed by atoms with E-state index in [-0.39, 0.29) is 24.5 Å². The SMILES string of the molecule is C=C[C@@H]1C[C@@]1(C(=O)NS(=O)(=O)C1CC1)N(C(=O)[C@H](Nc1ccc(F)c(F)c1)C(C)(C)C)C(=O)N1C[C@H](Oc2ncc(OC)c3ccc(Cl)cc23)CC1C. The molecule has 0 radical (unpaired) electrons. The highest BCUT2D eigenvalue weighted by molar-refractivity contribution is 7.91. The molecule has 2 heterocycles. The van der Waals surface area contributed by atoms with Crippen molar-refractivity contribution in [3.8, 4) is 11.6 Å². The number of ether oxygens (including phenoxy) is 2. The molecule has 284 valence electrons. The first-order valence-electron chi connectivity index (χ1n) is 17.2. The number of nitrogens with zero attached hydrogens (tertiary/aromatic N) is 3. The van der Waals surface area contributed by atoms with Crippen LogP contribution >= 0.6 is 11.6 Å². The maximum absolute atomic E-state index is 14.9. The van der Waals surface area contributed by atoms with E-state index in [0.717, 1.165) is 17.0 Å². The van der Waals surface area contributed by atoms with Gasteiger partial charge in [0.2, 0.25) is 15.9 Å². The number of carbonyl (C=O) groups excluding carboxylic acids is 3. The van der Waals surface area contributed by atoms with Gasteiger partial charge in [0, 0.05) is 45.9 Å². The van der Waals surface area contributed by atoms with Crippen LogP contribution in [0.25, 0.3) is 10.8 Å². The summed E-state index contributed by atoms with van der Waals surface area (Å²) in [5.74, 6) is -4.16. The fourth-order valence-corrected chi connectivity index (χ4v) is 8.42. The molecule has 2 aliphatic carbocycles. The summed E-state index contributed by atoms with van der Waals surface area (Å²) >= 11 is 6.30. The number of imide groups is 1. The number of anilines is 1. The summed E-state index contributed by atoms with van der Waals surface area (Å²) in [6.07, 6.45) is 3.32. The van der Waals surface area contributed by atoms with Crippen LogP contribution < -0.4 is 19.5 Å². The second kappa shape index (κ2) is 14.0. The van der Waals surface area contributed by atoms with E-state index in [2.05, 4.69) is 21.6 Å². The molecule has 1 saturated heterocycles. The van der Waals surface area contributed by atoms with Crippen LogP contribution in [0.1, 0.15) is 53.4 Å². The van der Waals surface area contributed by atoms with Gasteiger partial charge in [-0.15, -0.1) is 6.58 Å². The molecule has 6 rings (SSSR count). The van der Waals surface area contributed by atoms with Crippen molar-refractivity contribution < 1.29 is 41.1 Å². The monoisotopic (exact) mass is 773 g/mol. The van der Waals surface area contributed by atoms with Crippen LogP contribution in [0.2, 0.25) is 5.02 Å². The molecule has 1 aliphatic heterocycles. The maximum Gasteiger partial charge on any atom is 0.328 e. The quantitative estimate of drug-likeness (QED) is 0.223. The Bertz CT molecular complexity index is 2090. The van der Waals surface area contributed by atoms with Gasteiger partial charge in [-0.05, 0) is 61.9 Å².